The molecule has 1 aromatic carbocycles. The highest BCUT2D eigenvalue weighted by Crippen LogP contribution is 2.29. The fraction of sp³-hybridized carbons (Fsp3) is 0.400. The Balaban J connectivity index is 2.30. The van der Waals surface area contributed by atoms with Gasteiger partial charge in [-0.25, -0.2) is 0 Å². The van der Waals surface area contributed by atoms with Crippen LogP contribution in [0.2, 0.25) is 0 Å². The number of nitrogen functional groups attached to an aromatic ring is 1. The Bertz CT molecular complexity index is 651. The van der Waals surface area contributed by atoms with Gasteiger partial charge < -0.3 is 15.2 Å². The van der Waals surface area contributed by atoms with E-state index in [4.69, 9.17) is 15.2 Å². The Kier molecular flexibility index (Phi) is 3.97. The lowest BCUT2D eigenvalue weighted by molar-refractivity contribution is 0.360. The van der Waals surface area contributed by atoms with E-state index in [0.29, 0.717) is 5.75 Å². The third-order valence-electron chi connectivity index (χ3n) is 3.04. The van der Waals surface area contributed by atoms with E-state index in [1.54, 1.807) is 0 Å². The third kappa shape index (κ3) is 3.59. The first kappa shape index (κ1) is 15.0. The Morgan fingerprint density at radius 2 is 1.71 bits per heavy atom. The maximum absolute atomic E-state index is 5.68. The lowest BCUT2D eigenvalue weighted by Crippen LogP contribution is -2.11. The molecular weight excluding hydrogens is 268 g/mol. The number of nitrogens with two attached hydrogens (primary N) is 1. The molecule has 6 heteroatoms. The van der Waals surface area contributed by atoms with Crippen LogP contribution in [0, 0.1) is 6.92 Å². The molecule has 1 aromatic heterocycles. The first-order chi connectivity index (χ1) is 9.79. The molecule has 0 radical (unpaired) electrons. The number of rotatable bonds is 3. The molecule has 1 heterocycles. The molecule has 0 bridgehead atoms. The van der Waals surface area contributed by atoms with Crippen LogP contribution in [0.15, 0.2) is 18.2 Å². The molecule has 0 fully saturated rings. The molecule has 0 aliphatic rings. The number of hydrogen-bond acceptors (Lipinski definition) is 6. The van der Waals surface area contributed by atoms with Crippen molar-refractivity contribution in [2.24, 2.45) is 0 Å². The van der Waals surface area contributed by atoms with E-state index < -0.39 is 0 Å². The van der Waals surface area contributed by atoms with Crippen LogP contribution in [0.1, 0.15) is 31.9 Å². The Hall–Kier alpha value is -2.37. The summed E-state index contributed by atoms with van der Waals surface area (Å²) in [5.74, 6) is 0.733. The average molecular weight is 288 g/mol. The van der Waals surface area contributed by atoms with Crippen LogP contribution >= 0.6 is 0 Å². The molecule has 0 saturated carbocycles. The molecule has 112 valence electrons. The number of methoxy groups -OCH3 is 1. The summed E-state index contributed by atoms with van der Waals surface area (Å²) in [6, 6.07) is 6.27. The number of hydrogen-bond donors (Lipinski definition) is 1. The first-order valence-electron chi connectivity index (χ1n) is 6.64. The molecule has 6 nitrogen and oxygen atoms in total. The van der Waals surface area contributed by atoms with Crippen LogP contribution in [-0.2, 0) is 5.41 Å². The van der Waals surface area contributed by atoms with Gasteiger partial charge in [0.2, 0.25) is 5.95 Å². The molecule has 2 N–H and O–H groups in total. The molecule has 0 spiro atoms. The number of nitrogens with zero attached hydrogens (tertiary/aromatic N) is 3. The zero-order valence-electron chi connectivity index (χ0n) is 13.0. The van der Waals surface area contributed by atoms with E-state index >= 15 is 0 Å². The quantitative estimate of drug-likeness (QED) is 0.935. The first-order valence-corrected chi connectivity index (χ1v) is 6.64. The molecule has 0 aliphatic heterocycles. The van der Waals surface area contributed by atoms with Gasteiger partial charge in [0.25, 0.3) is 0 Å². The Morgan fingerprint density at radius 3 is 2.29 bits per heavy atom. The second-order valence-corrected chi connectivity index (χ2v) is 5.80. The van der Waals surface area contributed by atoms with Gasteiger partial charge in [-0.15, -0.1) is 4.98 Å². The highest BCUT2D eigenvalue weighted by atomic mass is 16.5. The average Bonchev–Trinajstić information content (AvgIpc) is 2.39. The molecule has 2 rings (SSSR count). The summed E-state index contributed by atoms with van der Waals surface area (Å²) in [5.41, 5.74) is 7.91. The summed E-state index contributed by atoms with van der Waals surface area (Å²) in [6.45, 7) is 8.48. The molecular formula is C15H20N4O2. The van der Waals surface area contributed by atoms with Crippen LogP contribution in [0.3, 0.4) is 0 Å². The van der Waals surface area contributed by atoms with Gasteiger partial charge in [0, 0.05) is 0 Å². The van der Waals surface area contributed by atoms with E-state index in [0.717, 1.165) is 5.56 Å². The molecule has 0 unspecified atom stereocenters. The van der Waals surface area contributed by atoms with Crippen molar-refractivity contribution < 1.29 is 9.47 Å². The fourth-order valence-electron chi connectivity index (χ4n) is 1.82. The predicted molar refractivity (Wildman–Crippen MR) is 80.7 cm³/mol. The number of anilines is 1. The van der Waals surface area contributed by atoms with Crippen molar-refractivity contribution in [3.63, 3.8) is 0 Å². The minimum atomic E-state index is 0.0563. The van der Waals surface area contributed by atoms with Crippen LogP contribution < -0.4 is 15.2 Å². The van der Waals surface area contributed by atoms with E-state index in [1.165, 1.54) is 12.7 Å². The Labute approximate surface area is 124 Å². The van der Waals surface area contributed by atoms with Crippen LogP contribution in [0.25, 0.3) is 0 Å². The lowest BCUT2D eigenvalue weighted by Gasteiger charge is -2.20. The van der Waals surface area contributed by atoms with Gasteiger partial charge in [-0.2, -0.15) is 9.97 Å². The van der Waals surface area contributed by atoms with Gasteiger partial charge in [0.05, 0.1) is 7.11 Å². The van der Waals surface area contributed by atoms with Crippen molar-refractivity contribution in [1.29, 1.82) is 0 Å². The fourth-order valence-corrected chi connectivity index (χ4v) is 1.82. The van der Waals surface area contributed by atoms with E-state index in [9.17, 15) is 0 Å². The van der Waals surface area contributed by atoms with Crippen molar-refractivity contribution >= 4 is 5.95 Å². The molecule has 0 amide bonds. The van der Waals surface area contributed by atoms with Crippen molar-refractivity contribution in [2.45, 2.75) is 33.1 Å². The van der Waals surface area contributed by atoms with Gasteiger partial charge in [0.1, 0.15) is 5.75 Å². The summed E-state index contributed by atoms with van der Waals surface area (Å²) in [5, 5.41) is 0. The van der Waals surface area contributed by atoms with Crippen LogP contribution in [0.5, 0.6) is 17.8 Å². The van der Waals surface area contributed by atoms with Gasteiger partial charge in [-0.1, -0.05) is 32.9 Å². The van der Waals surface area contributed by atoms with Crippen molar-refractivity contribution in [1.82, 2.24) is 15.0 Å². The van der Waals surface area contributed by atoms with Crippen LogP contribution in [0.4, 0.5) is 5.95 Å². The zero-order valence-corrected chi connectivity index (χ0v) is 13.0. The van der Waals surface area contributed by atoms with Gasteiger partial charge in [0.15, 0.2) is 0 Å². The monoisotopic (exact) mass is 288 g/mol. The van der Waals surface area contributed by atoms with Gasteiger partial charge in [-0.05, 0) is 29.5 Å². The third-order valence-corrected chi connectivity index (χ3v) is 3.04. The van der Waals surface area contributed by atoms with Gasteiger partial charge >= 0.3 is 12.0 Å². The summed E-state index contributed by atoms with van der Waals surface area (Å²) < 4.78 is 10.6. The second-order valence-electron chi connectivity index (χ2n) is 5.80. The Morgan fingerprint density at radius 1 is 1.05 bits per heavy atom. The topological polar surface area (TPSA) is 83.2 Å². The van der Waals surface area contributed by atoms with Crippen molar-refractivity contribution in [2.75, 3.05) is 12.8 Å². The molecule has 0 aliphatic carbocycles. The van der Waals surface area contributed by atoms with Crippen LogP contribution in [-0.4, -0.2) is 22.1 Å². The van der Waals surface area contributed by atoms with E-state index in [2.05, 4.69) is 41.8 Å². The summed E-state index contributed by atoms with van der Waals surface area (Å²) in [4.78, 5) is 11.8. The molecule has 2 aromatic rings. The maximum atomic E-state index is 5.68. The van der Waals surface area contributed by atoms with E-state index in [-0.39, 0.29) is 23.4 Å². The summed E-state index contributed by atoms with van der Waals surface area (Å²) in [7, 11) is 1.46. The number of ether oxygens (including phenoxy) is 2. The highest BCUT2D eigenvalue weighted by Gasteiger charge is 2.15. The largest absolute Gasteiger partial charge is 0.467 e. The van der Waals surface area contributed by atoms with Gasteiger partial charge in [-0.3, -0.25) is 0 Å². The van der Waals surface area contributed by atoms with Crippen molar-refractivity contribution in [3.05, 3.63) is 29.3 Å². The number of benzene rings is 1. The molecule has 21 heavy (non-hydrogen) atoms. The zero-order chi connectivity index (χ0) is 15.6. The van der Waals surface area contributed by atoms with E-state index in [1.807, 2.05) is 19.1 Å². The summed E-state index contributed by atoms with van der Waals surface area (Å²) in [6.07, 6.45) is 0. The number of aryl methyl sites for hydroxylation is 1. The smallest absolute Gasteiger partial charge is 0.330 e. The lowest BCUT2D eigenvalue weighted by atomic mass is 9.86. The maximum Gasteiger partial charge on any atom is 0.330 e. The SMILES string of the molecule is COc1nc(N)nc(Oc2ccc(C(C)(C)C)cc2C)n1. The standard InChI is InChI=1S/C15H20N4O2/c1-9-8-10(15(2,3)4)6-7-11(9)21-14-18-12(16)17-13(19-14)20-5/h6-8H,1-5H3,(H2,16,17,18,19). The van der Waals surface area contributed by atoms with Crippen molar-refractivity contribution in [3.8, 4) is 17.8 Å². The molecule has 0 atom stereocenters. The highest BCUT2D eigenvalue weighted by molar-refractivity contribution is 5.40. The minimum Gasteiger partial charge on any atom is -0.467 e. The molecule has 0 saturated heterocycles. The number of aromatic nitrogens is 3. The predicted octanol–water partition coefficient (Wildman–Crippen LogP) is 2.86. The second kappa shape index (κ2) is 5.55. The summed E-state index contributed by atoms with van der Waals surface area (Å²) >= 11 is 0. The minimum absolute atomic E-state index is 0.0563. The normalized spacial score (nSPS) is 11.3.